The van der Waals surface area contributed by atoms with E-state index in [9.17, 15) is 17.6 Å². The number of nitrogens with one attached hydrogen (secondary N) is 2. The molecule has 7 nitrogen and oxygen atoms in total. The molecule has 9 heteroatoms. The molecule has 29 heavy (non-hydrogen) atoms. The topological polar surface area (TPSA) is 97.4 Å². The fourth-order valence-electron chi connectivity index (χ4n) is 2.41. The van der Waals surface area contributed by atoms with Gasteiger partial charge in [0, 0.05) is 24.9 Å². The number of carbonyl (C=O) groups excluding carboxylic acids is 1. The van der Waals surface area contributed by atoms with E-state index >= 15 is 0 Å². The Morgan fingerprint density at radius 2 is 2.10 bits per heavy atom. The molecule has 0 saturated heterocycles. The number of sulfonamides is 1. The molecule has 0 aliphatic heterocycles. The number of rotatable bonds is 7. The largest absolute Gasteiger partial charge is 0.481 e. The third kappa shape index (κ3) is 6.33. The van der Waals surface area contributed by atoms with Crippen LogP contribution in [0.1, 0.15) is 22.3 Å². The molecule has 2 rings (SSSR count). The van der Waals surface area contributed by atoms with E-state index in [2.05, 4.69) is 20.9 Å². The molecule has 0 bridgehead atoms. The van der Waals surface area contributed by atoms with Crippen molar-refractivity contribution in [3.8, 4) is 18.2 Å². The van der Waals surface area contributed by atoms with Crippen LogP contribution in [-0.4, -0.2) is 32.7 Å². The molecule has 1 aromatic carbocycles. The number of anilines is 1. The maximum absolute atomic E-state index is 14.3. The molecule has 0 unspecified atom stereocenters. The van der Waals surface area contributed by atoms with Crippen LogP contribution in [-0.2, 0) is 21.4 Å². The number of halogens is 1. The number of ether oxygens (including phenoxy) is 1. The number of carbonyl (C=O) groups is 1. The van der Waals surface area contributed by atoms with Crippen molar-refractivity contribution >= 4 is 27.7 Å². The quantitative estimate of drug-likeness (QED) is 0.532. The van der Waals surface area contributed by atoms with Crippen molar-refractivity contribution in [2.45, 2.75) is 13.5 Å². The summed E-state index contributed by atoms with van der Waals surface area (Å²) in [5.74, 6) is 1.48. The summed E-state index contributed by atoms with van der Waals surface area (Å²) < 4.78 is 44.0. The first-order valence-corrected chi connectivity index (χ1v) is 10.3. The summed E-state index contributed by atoms with van der Waals surface area (Å²) in [5.41, 5.74) is 1.76. The van der Waals surface area contributed by atoms with Crippen molar-refractivity contribution in [1.29, 1.82) is 0 Å². The second-order valence-electron chi connectivity index (χ2n) is 6.15. The Hall–Kier alpha value is -3.38. The highest BCUT2D eigenvalue weighted by atomic mass is 32.2. The number of hydrogen-bond acceptors (Lipinski definition) is 5. The molecule has 0 spiro atoms. The third-order valence-corrected chi connectivity index (χ3v) is 4.38. The number of methoxy groups -OCH3 is 1. The van der Waals surface area contributed by atoms with E-state index < -0.39 is 21.7 Å². The summed E-state index contributed by atoms with van der Waals surface area (Å²) in [4.78, 5) is 16.1. The highest BCUT2D eigenvalue weighted by molar-refractivity contribution is 7.92. The van der Waals surface area contributed by atoms with Gasteiger partial charge in [-0.1, -0.05) is 5.92 Å². The first-order valence-electron chi connectivity index (χ1n) is 8.36. The molecule has 1 heterocycles. The Kier molecular flexibility index (Phi) is 6.96. The van der Waals surface area contributed by atoms with E-state index in [4.69, 9.17) is 11.2 Å². The molecule has 1 aromatic heterocycles. The van der Waals surface area contributed by atoms with Crippen LogP contribution in [0.15, 0.2) is 30.5 Å². The Morgan fingerprint density at radius 3 is 2.69 bits per heavy atom. The van der Waals surface area contributed by atoms with E-state index in [-0.39, 0.29) is 17.8 Å². The van der Waals surface area contributed by atoms with Gasteiger partial charge in [-0.25, -0.2) is 17.8 Å². The number of benzene rings is 1. The van der Waals surface area contributed by atoms with E-state index in [0.29, 0.717) is 11.4 Å². The molecule has 0 saturated carbocycles. The van der Waals surface area contributed by atoms with Crippen molar-refractivity contribution in [2.75, 3.05) is 18.1 Å². The molecule has 0 fully saturated rings. The van der Waals surface area contributed by atoms with Crippen molar-refractivity contribution in [1.82, 2.24) is 10.3 Å². The molecule has 1 amide bonds. The van der Waals surface area contributed by atoms with Crippen LogP contribution in [0.25, 0.3) is 6.08 Å². The summed E-state index contributed by atoms with van der Waals surface area (Å²) in [6, 6.07) is 4.28. The van der Waals surface area contributed by atoms with Gasteiger partial charge < -0.3 is 10.1 Å². The highest BCUT2D eigenvalue weighted by Crippen LogP contribution is 2.22. The molecular formula is C20H20FN3O4S. The van der Waals surface area contributed by atoms with Gasteiger partial charge in [0.25, 0.3) is 0 Å². The van der Waals surface area contributed by atoms with Crippen LogP contribution in [0.2, 0.25) is 0 Å². The number of pyridine rings is 1. The van der Waals surface area contributed by atoms with E-state index in [1.165, 1.54) is 19.3 Å². The second-order valence-corrected chi connectivity index (χ2v) is 7.90. The highest BCUT2D eigenvalue weighted by Gasteiger charge is 2.14. The predicted octanol–water partition coefficient (Wildman–Crippen LogP) is 2.22. The van der Waals surface area contributed by atoms with Crippen LogP contribution in [0.5, 0.6) is 5.88 Å². The van der Waals surface area contributed by atoms with E-state index in [1.54, 1.807) is 18.3 Å². The molecule has 0 aliphatic carbocycles. The lowest BCUT2D eigenvalue weighted by Crippen LogP contribution is -2.20. The average molecular weight is 417 g/mol. The van der Waals surface area contributed by atoms with Gasteiger partial charge in [-0.3, -0.25) is 9.52 Å². The van der Waals surface area contributed by atoms with Crippen molar-refractivity contribution in [3.05, 3.63) is 58.5 Å². The Morgan fingerprint density at radius 1 is 1.38 bits per heavy atom. The number of terminal acetylenes is 1. The number of amides is 1. The Bertz CT molecular complexity index is 1110. The number of nitrogens with zero attached hydrogens (tertiary/aromatic N) is 1. The number of hydrogen-bond donors (Lipinski definition) is 2. The Labute approximate surface area is 169 Å². The molecule has 0 radical (unpaired) electrons. The zero-order valence-corrected chi connectivity index (χ0v) is 16.9. The minimum absolute atomic E-state index is 0.00771. The maximum atomic E-state index is 14.3. The molecular weight excluding hydrogens is 397 g/mol. The first kappa shape index (κ1) is 21.9. The second kappa shape index (κ2) is 9.21. The van der Waals surface area contributed by atoms with Crippen LogP contribution >= 0.6 is 0 Å². The van der Waals surface area contributed by atoms with Gasteiger partial charge in [0.2, 0.25) is 21.8 Å². The standard InChI is InChI=1S/C20H20FN3O4S/c1-5-15-9-14(10-17(21)20(15)24-29(4,26)27)11-22-18(25)7-6-16-12-23-19(28-3)8-13(16)2/h1,6-10,12,24H,11H2,2-4H3,(H,22,25)/b7-6+. The van der Waals surface area contributed by atoms with Crippen LogP contribution in [0.4, 0.5) is 10.1 Å². The maximum Gasteiger partial charge on any atom is 0.244 e. The lowest BCUT2D eigenvalue weighted by Gasteiger charge is -2.11. The predicted molar refractivity (Wildman–Crippen MR) is 109 cm³/mol. The summed E-state index contributed by atoms with van der Waals surface area (Å²) in [7, 11) is -2.17. The van der Waals surface area contributed by atoms with Gasteiger partial charge in [-0.05, 0) is 41.8 Å². The fourth-order valence-corrected chi connectivity index (χ4v) is 2.99. The molecule has 2 aromatic rings. The monoisotopic (exact) mass is 417 g/mol. The van der Waals surface area contributed by atoms with Gasteiger partial charge in [0.1, 0.15) is 5.82 Å². The van der Waals surface area contributed by atoms with Crippen LogP contribution in [0, 0.1) is 25.1 Å². The van der Waals surface area contributed by atoms with Gasteiger partial charge in [-0.2, -0.15) is 0 Å². The normalized spacial score (nSPS) is 11.1. The zero-order chi connectivity index (χ0) is 21.6. The average Bonchev–Trinajstić information content (AvgIpc) is 2.66. The van der Waals surface area contributed by atoms with Gasteiger partial charge in [0.15, 0.2) is 0 Å². The summed E-state index contributed by atoms with van der Waals surface area (Å²) >= 11 is 0. The smallest absolute Gasteiger partial charge is 0.244 e. The fraction of sp³-hybridized carbons (Fsp3) is 0.200. The SMILES string of the molecule is C#Cc1cc(CNC(=O)/C=C/c2cnc(OC)cc2C)cc(F)c1NS(C)(=O)=O. The lowest BCUT2D eigenvalue weighted by atomic mass is 10.1. The molecule has 0 atom stereocenters. The summed E-state index contributed by atoms with van der Waals surface area (Å²) in [6.07, 6.45) is 10.8. The number of aromatic nitrogens is 1. The van der Waals surface area contributed by atoms with Crippen LogP contribution in [0.3, 0.4) is 0 Å². The molecule has 0 aliphatic rings. The van der Waals surface area contributed by atoms with Crippen LogP contribution < -0.4 is 14.8 Å². The minimum Gasteiger partial charge on any atom is -0.481 e. The van der Waals surface area contributed by atoms with E-state index in [1.807, 2.05) is 6.92 Å². The first-order chi connectivity index (χ1) is 13.6. The minimum atomic E-state index is -3.69. The van der Waals surface area contributed by atoms with Gasteiger partial charge >= 0.3 is 0 Å². The summed E-state index contributed by atoms with van der Waals surface area (Å²) in [5, 5.41) is 2.61. The van der Waals surface area contributed by atoms with Gasteiger partial charge in [0.05, 0.1) is 24.6 Å². The summed E-state index contributed by atoms with van der Waals surface area (Å²) in [6.45, 7) is 1.87. The van der Waals surface area contributed by atoms with Crippen molar-refractivity contribution in [3.63, 3.8) is 0 Å². The molecule has 152 valence electrons. The Balaban J connectivity index is 2.08. The van der Waals surface area contributed by atoms with E-state index in [0.717, 1.165) is 23.4 Å². The lowest BCUT2D eigenvalue weighted by molar-refractivity contribution is -0.116. The van der Waals surface area contributed by atoms with Gasteiger partial charge in [-0.15, -0.1) is 6.42 Å². The number of aryl methyl sites for hydroxylation is 1. The van der Waals surface area contributed by atoms with Crippen molar-refractivity contribution < 1.29 is 22.3 Å². The van der Waals surface area contributed by atoms with Crippen molar-refractivity contribution in [2.24, 2.45) is 0 Å². The zero-order valence-electron chi connectivity index (χ0n) is 16.1. The third-order valence-electron chi connectivity index (χ3n) is 3.81. The molecule has 2 N–H and O–H groups in total.